The van der Waals surface area contributed by atoms with Crippen LogP contribution >= 0.6 is 12.6 Å². The molecular weight excluding hydrogens is 332 g/mol. The molecule has 0 aliphatic rings. The van der Waals surface area contributed by atoms with Crippen LogP contribution in [0.3, 0.4) is 0 Å². The average Bonchev–Trinajstić information content (AvgIpc) is 2.86. The van der Waals surface area contributed by atoms with Crippen LogP contribution in [0.1, 0.15) is 33.1 Å². The number of aliphatic hydroxyl groups excluding tert-OH is 1. The number of nitrogens with zero attached hydrogens (tertiary/aromatic N) is 4. The molecule has 0 aromatic carbocycles. The quantitative estimate of drug-likeness (QED) is 0.537. The Morgan fingerprint density at radius 3 is 2.62 bits per heavy atom. The van der Waals surface area contributed by atoms with Crippen LogP contribution in [0.15, 0.2) is 14.7 Å². The van der Waals surface area contributed by atoms with E-state index in [1.165, 1.54) is 9.13 Å². The summed E-state index contributed by atoms with van der Waals surface area (Å²) in [6.45, 7) is 4.52. The van der Waals surface area contributed by atoms with Crippen molar-refractivity contribution in [2.45, 2.75) is 57.6 Å². The number of unbranched alkanes of at least 4 members (excludes halogenated alkanes) is 1. The molecule has 9 heteroatoms. The van der Waals surface area contributed by atoms with Crippen LogP contribution in [0.2, 0.25) is 0 Å². The lowest BCUT2D eigenvalue weighted by Crippen LogP contribution is -2.39. The Kier molecular flexibility index (Phi) is 6.25. The normalized spacial score (nSPS) is 12.9. The number of aryl methyl sites for hydroxylation is 1. The van der Waals surface area contributed by atoms with Gasteiger partial charge in [-0.3, -0.25) is 18.5 Å². The van der Waals surface area contributed by atoms with E-state index in [9.17, 15) is 14.7 Å². The zero-order valence-corrected chi connectivity index (χ0v) is 15.1. The van der Waals surface area contributed by atoms with E-state index in [4.69, 9.17) is 4.74 Å². The maximum absolute atomic E-state index is 12.8. The van der Waals surface area contributed by atoms with Crippen molar-refractivity contribution in [1.29, 1.82) is 0 Å². The Bertz CT molecular complexity index is 821. The molecule has 2 rings (SSSR count). The van der Waals surface area contributed by atoms with Gasteiger partial charge in [-0.05, 0) is 33.1 Å². The molecule has 1 N–H and O–H groups in total. The molecule has 0 radical (unpaired) electrons. The molecule has 1 atom stereocenters. The van der Waals surface area contributed by atoms with Crippen molar-refractivity contribution in [1.82, 2.24) is 18.7 Å². The number of hydrogen-bond donors (Lipinski definition) is 2. The van der Waals surface area contributed by atoms with Gasteiger partial charge in [0.15, 0.2) is 16.3 Å². The van der Waals surface area contributed by atoms with Gasteiger partial charge in [0.2, 0.25) is 0 Å². The van der Waals surface area contributed by atoms with E-state index in [0.29, 0.717) is 42.3 Å². The molecule has 24 heavy (non-hydrogen) atoms. The zero-order valence-electron chi connectivity index (χ0n) is 14.2. The maximum atomic E-state index is 12.8. The molecule has 0 spiro atoms. The number of rotatable bonds is 8. The highest BCUT2D eigenvalue weighted by Gasteiger charge is 2.18. The van der Waals surface area contributed by atoms with Gasteiger partial charge >= 0.3 is 5.69 Å². The number of aliphatic hydroxyl groups is 1. The summed E-state index contributed by atoms with van der Waals surface area (Å²) < 4.78 is 9.50. The van der Waals surface area contributed by atoms with E-state index >= 15 is 0 Å². The van der Waals surface area contributed by atoms with Gasteiger partial charge in [0.1, 0.15) is 6.73 Å². The summed E-state index contributed by atoms with van der Waals surface area (Å²) in [5.41, 5.74) is -0.183. The van der Waals surface area contributed by atoms with Crippen molar-refractivity contribution in [3.8, 4) is 0 Å². The average molecular weight is 356 g/mol. The van der Waals surface area contributed by atoms with Gasteiger partial charge < -0.3 is 9.84 Å². The monoisotopic (exact) mass is 356 g/mol. The smallest absolute Gasteiger partial charge is 0.332 e. The van der Waals surface area contributed by atoms with Crippen molar-refractivity contribution in [2.75, 3.05) is 6.61 Å². The molecule has 134 valence electrons. The minimum Gasteiger partial charge on any atom is -0.393 e. The van der Waals surface area contributed by atoms with Gasteiger partial charge in [-0.1, -0.05) is 0 Å². The predicted molar refractivity (Wildman–Crippen MR) is 93.6 cm³/mol. The van der Waals surface area contributed by atoms with E-state index in [1.54, 1.807) is 18.5 Å². The van der Waals surface area contributed by atoms with Crippen molar-refractivity contribution >= 4 is 23.8 Å². The fourth-order valence-corrected chi connectivity index (χ4v) is 2.82. The van der Waals surface area contributed by atoms with Crippen LogP contribution in [0.5, 0.6) is 0 Å². The first-order valence-electron chi connectivity index (χ1n) is 8.03. The second kappa shape index (κ2) is 8.00. The molecular formula is C15H24N4O4S. The van der Waals surface area contributed by atoms with Gasteiger partial charge in [0, 0.05) is 20.2 Å². The Labute approximate surface area is 145 Å². The molecule has 0 aliphatic heterocycles. The molecule has 2 heterocycles. The van der Waals surface area contributed by atoms with Crippen LogP contribution in [0, 0.1) is 0 Å². The molecule has 0 saturated heterocycles. The summed E-state index contributed by atoms with van der Waals surface area (Å²) in [5, 5.41) is 9.63. The third-order valence-electron chi connectivity index (χ3n) is 3.89. The van der Waals surface area contributed by atoms with Gasteiger partial charge in [0.05, 0.1) is 6.10 Å². The lowest BCUT2D eigenvalue weighted by atomic mass is 10.2. The first-order chi connectivity index (χ1) is 11.4. The molecule has 8 nitrogen and oxygen atoms in total. The Hall–Kier alpha value is -1.58. The van der Waals surface area contributed by atoms with Gasteiger partial charge in [0.25, 0.3) is 5.56 Å². The summed E-state index contributed by atoms with van der Waals surface area (Å²) in [6, 6.07) is 0. The van der Waals surface area contributed by atoms with E-state index < -0.39 is 11.2 Å². The van der Waals surface area contributed by atoms with Crippen LogP contribution in [0.4, 0.5) is 0 Å². The molecule has 0 amide bonds. The van der Waals surface area contributed by atoms with Crippen molar-refractivity contribution < 1.29 is 9.84 Å². The fourth-order valence-electron chi connectivity index (χ4n) is 2.57. The lowest BCUT2D eigenvalue weighted by Gasteiger charge is -2.10. The fraction of sp³-hybridized carbons (Fsp3) is 0.667. The highest BCUT2D eigenvalue weighted by Crippen LogP contribution is 2.14. The lowest BCUT2D eigenvalue weighted by molar-refractivity contribution is 0.0848. The summed E-state index contributed by atoms with van der Waals surface area (Å²) >= 11 is 4.28. The number of thiol groups is 1. The van der Waals surface area contributed by atoms with E-state index in [1.807, 2.05) is 6.92 Å². The minimum atomic E-state index is -0.404. The van der Waals surface area contributed by atoms with Gasteiger partial charge in [-0.25, -0.2) is 9.78 Å². The Morgan fingerprint density at radius 2 is 2.00 bits per heavy atom. The van der Waals surface area contributed by atoms with E-state index in [-0.39, 0.29) is 12.8 Å². The second-order valence-electron chi connectivity index (χ2n) is 5.78. The number of imidazole rings is 1. The van der Waals surface area contributed by atoms with E-state index in [0.717, 1.165) is 6.42 Å². The number of aromatic nitrogens is 4. The van der Waals surface area contributed by atoms with Crippen molar-refractivity contribution in [3.63, 3.8) is 0 Å². The summed E-state index contributed by atoms with van der Waals surface area (Å²) in [6.07, 6.45) is 1.63. The highest BCUT2D eigenvalue weighted by atomic mass is 32.1. The molecule has 2 aromatic rings. The van der Waals surface area contributed by atoms with Crippen LogP contribution in [-0.2, 0) is 25.1 Å². The van der Waals surface area contributed by atoms with E-state index in [2.05, 4.69) is 17.6 Å². The first kappa shape index (κ1) is 18.8. The molecule has 0 unspecified atom stereocenters. The SMILES string of the molecule is CCOCn1c(S)nc2c1c(=O)n(CCCC[C@@H](C)O)c(=O)n2C. The van der Waals surface area contributed by atoms with Crippen LogP contribution in [0.25, 0.3) is 11.2 Å². The number of ether oxygens (including phenoxy) is 1. The molecule has 0 aliphatic carbocycles. The number of fused-ring (bicyclic) bond motifs is 1. The minimum absolute atomic E-state index is 0.154. The zero-order chi connectivity index (χ0) is 17.9. The molecule has 0 saturated carbocycles. The van der Waals surface area contributed by atoms with Crippen molar-refractivity contribution in [3.05, 3.63) is 20.8 Å². The summed E-state index contributed by atoms with van der Waals surface area (Å²) in [4.78, 5) is 29.4. The van der Waals surface area contributed by atoms with Gasteiger partial charge in [-0.2, -0.15) is 0 Å². The third kappa shape index (κ3) is 3.73. The first-order valence-corrected chi connectivity index (χ1v) is 8.48. The second-order valence-corrected chi connectivity index (χ2v) is 6.18. The van der Waals surface area contributed by atoms with Gasteiger partial charge in [-0.15, -0.1) is 12.6 Å². The largest absolute Gasteiger partial charge is 0.393 e. The predicted octanol–water partition coefficient (Wildman–Crippen LogP) is 0.730. The standard InChI is InChI=1S/C15H24N4O4S/c1-4-23-9-19-11-12(16-14(19)24)17(3)15(22)18(13(11)21)8-6-5-7-10(2)20/h10,20H,4-9H2,1-3H3,(H,16,24)/t10-/m1/s1. The van der Waals surface area contributed by atoms with Crippen LogP contribution < -0.4 is 11.2 Å². The Morgan fingerprint density at radius 1 is 1.29 bits per heavy atom. The Balaban J connectivity index is 2.45. The van der Waals surface area contributed by atoms with Crippen LogP contribution in [-0.4, -0.2) is 36.5 Å². The van der Waals surface area contributed by atoms with Crippen molar-refractivity contribution in [2.24, 2.45) is 7.05 Å². The molecule has 2 aromatic heterocycles. The highest BCUT2D eigenvalue weighted by molar-refractivity contribution is 7.80. The summed E-state index contributed by atoms with van der Waals surface area (Å²) in [5.74, 6) is 0. The molecule has 0 fully saturated rings. The number of hydrogen-bond acceptors (Lipinski definition) is 6. The third-order valence-corrected chi connectivity index (χ3v) is 4.23. The molecule has 0 bridgehead atoms. The summed E-state index contributed by atoms with van der Waals surface area (Å²) in [7, 11) is 1.58. The topological polar surface area (TPSA) is 91.3 Å². The maximum Gasteiger partial charge on any atom is 0.332 e.